The van der Waals surface area contributed by atoms with Gasteiger partial charge in [0.1, 0.15) is 5.82 Å². The van der Waals surface area contributed by atoms with Crippen LogP contribution in [0, 0.1) is 5.92 Å². The van der Waals surface area contributed by atoms with Gasteiger partial charge in [0, 0.05) is 17.5 Å². The lowest BCUT2D eigenvalue weighted by molar-refractivity contribution is -0.139. The molecule has 2 heterocycles. The number of imidazole rings is 1. The molecule has 1 aromatic carbocycles. The predicted octanol–water partition coefficient (Wildman–Crippen LogP) is 4.19. The Morgan fingerprint density at radius 3 is 2.65 bits per heavy atom. The number of hydrogen-bond acceptors (Lipinski definition) is 2. The van der Waals surface area contributed by atoms with E-state index in [0.29, 0.717) is 5.91 Å². The summed E-state index contributed by atoms with van der Waals surface area (Å²) in [5.41, 5.74) is 2.03. The molecule has 4 rings (SSSR count). The standard InChI is InChI=1S/C18H20ClN3O/c19-14-8-6-12(7-9-14)15-11-20-17(21-15)16-5-2-10-22(16)18(23)13-3-1-4-13/h6-9,11,13,16H,1-5,10H2,(H,20,21)/t16-/m1/s1. The Bertz CT molecular complexity index is 705. The molecule has 1 N–H and O–H groups in total. The van der Waals surface area contributed by atoms with Gasteiger partial charge in [-0.2, -0.15) is 0 Å². The van der Waals surface area contributed by atoms with E-state index in [1.807, 2.05) is 35.4 Å². The summed E-state index contributed by atoms with van der Waals surface area (Å²) in [6.07, 6.45) is 7.19. The molecule has 1 aliphatic carbocycles. The molecule has 2 aromatic rings. The minimum absolute atomic E-state index is 0.101. The molecule has 1 atom stereocenters. The van der Waals surface area contributed by atoms with Crippen molar-refractivity contribution in [1.29, 1.82) is 0 Å². The third-order valence-corrected chi connectivity index (χ3v) is 5.31. The lowest BCUT2D eigenvalue weighted by Crippen LogP contribution is -2.38. The van der Waals surface area contributed by atoms with Gasteiger partial charge in [-0.15, -0.1) is 0 Å². The molecule has 1 aromatic heterocycles. The zero-order valence-electron chi connectivity index (χ0n) is 13.0. The van der Waals surface area contributed by atoms with Crippen LogP contribution in [0.1, 0.15) is 44.0 Å². The monoisotopic (exact) mass is 329 g/mol. The van der Waals surface area contributed by atoms with Crippen LogP contribution < -0.4 is 0 Å². The van der Waals surface area contributed by atoms with E-state index >= 15 is 0 Å². The minimum atomic E-state index is 0.101. The lowest BCUT2D eigenvalue weighted by Gasteiger charge is -2.32. The summed E-state index contributed by atoms with van der Waals surface area (Å²) in [6, 6.07) is 7.81. The van der Waals surface area contributed by atoms with Crippen molar-refractivity contribution < 1.29 is 4.79 Å². The second kappa shape index (κ2) is 6.00. The largest absolute Gasteiger partial charge is 0.340 e. The van der Waals surface area contributed by atoms with Gasteiger partial charge in [-0.05, 0) is 43.4 Å². The molecule has 2 aliphatic rings. The number of nitrogens with one attached hydrogen (secondary N) is 1. The first-order chi connectivity index (χ1) is 11.2. The maximum absolute atomic E-state index is 12.6. The fourth-order valence-corrected chi connectivity index (χ4v) is 3.61. The molecule has 1 saturated heterocycles. The third kappa shape index (κ3) is 2.76. The van der Waals surface area contributed by atoms with Crippen LogP contribution in [0.3, 0.4) is 0 Å². The van der Waals surface area contributed by atoms with E-state index in [4.69, 9.17) is 11.6 Å². The van der Waals surface area contributed by atoms with Crippen molar-refractivity contribution in [1.82, 2.24) is 14.9 Å². The molecule has 2 fully saturated rings. The van der Waals surface area contributed by atoms with Gasteiger partial charge in [-0.25, -0.2) is 4.98 Å². The molecule has 5 heteroatoms. The van der Waals surface area contributed by atoms with Crippen LogP contribution in [0.2, 0.25) is 5.02 Å². The molecule has 1 saturated carbocycles. The molecular weight excluding hydrogens is 310 g/mol. The van der Waals surface area contributed by atoms with Crippen LogP contribution in [0.4, 0.5) is 0 Å². The van der Waals surface area contributed by atoms with E-state index in [1.165, 1.54) is 6.42 Å². The van der Waals surface area contributed by atoms with E-state index in [-0.39, 0.29) is 12.0 Å². The summed E-state index contributed by atoms with van der Waals surface area (Å²) in [5.74, 6) is 1.48. The number of benzene rings is 1. The fraction of sp³-hybridized carbons (Fsp3) is 0.444. The number of likely N-dealkylation sites (tertiary alicyclic amines) is 1. The Hall–Kier alpha value is -1.81. The molecule has 1 amide bonds. The van der Waals surface area contributed by atoms with Gasteiger partial charge in [0.05, 0.1) is 17.9 Å². The second-order valence-electron chi connectivity index (χ2n) is 6.51. The molecule has 4 nitrogen and oxygen atoms in total. The van der Waals surface area contributed by atoms with Crippen molar-refractivity contribution >= 4 is 17.5 Å². The van der Waals surface area contributed by atoms with Gasteiger partial charge < -0.3 is 9.88 Å². The van der Waals surface area contributed by atoms with Crippen LogP contribution >= 0.6 is 11.6 Å². The lowest BCUT2D eigenvalue weighted by atomic mass is 9.84. The smallest absolute Gasteiger partial charge is 0.226 e. The zero-order chi connectivity index (χ0) is 15.8. The SMILES string of the molecule is O=C(C1CCC1)N1CCC[C@@H]1c1ncc(-c2ccc(Cl)cc2)[nH]1. The van der Waals surface area contributed by atoms with Gasteiger partial charge in [-0.1, -0.05) is 30.2 Å². The topological polar surface area (TPSA) is 49.0 Å². The van der Waals surface area contributed by atoms with Gasteiger partial charge in [0.15, 0.2) is 0 Å². The maximum atomic E-state index is 12.6. The van der Waals surface area contributed by atoms with E-state index < -0.39 is 0 Å². The first-order valence-corrected chi connectivity index (χ1v) is 8.71. The van der Waals surface area contributed by atoms with Crippen molar-refractivity contribution in [3.63, 3.8) is 0 Å². The molecule has 120 valence electrons. The van der Waals surface area contributed by atoms with E-state index in [1.54, 1.807) is 0 Å². The predicted molar refractivity (Wildman–Crippen MR) is 90.1 cm³/mol. The number of H-pyrrole nitrogens is 1. The van der Waals surface area contributed by atoms with Crippen molar-refractivity contribution in [3.05, 3.63) is 41.3 Å². The van der Waals surface area contributed by atoms with Gasteiger partial charge in [0.25, 0.3) is 0 Å². The van der Waals surface area contributed by atoms with Crippen molar-refractivity contribution in [2.24, 2.45) is 5.92 Å². The minimum Gasteiger partial charge on any atom is -0.340 e. The second-order valence-corrected chi connectivity index (χ2v) is 6.94. The van der Waals surface area contributed by atoms with Gasteiger partial charge in [-0.3, -0.25) is 4.79 Å². The van der Waals surface area contributed by atoms with Gasteiger partial charge in [0.2, 0.25) is 5.91 Å². The summed E-state index contributed by atoms with van der Waals surface area (Å²) in [6.45, 7) is 0.858. The Morgan fingerprint density at radius 2 is 1.96 bits per heavy atom. The van der Waals surface area contributed by atoms with E-state index in [9.17, 15) is 4.79 Å². The highest BCUT2D eigenvalue weighted by Gasteiger charge is 2.37. The van der Waals surface area contributed by atoms with Crippen LogP contribution in [0.25, 0.3) is 11.3 Å². The summed E-state index contributed by atoms with van der Waals surface area (Å²) < 4.78 is 0. The fourth-order valence-electron chi connectivity index (χ4n) is 3.49. The summed E-state index contributed by atoms with van der Waals surface area (Å²) in [5, 5.41) is 0.724. The average Bonchev–Trinajstić information content (AvgIpc) is 3.15. The third-order valence-electron chi connectivity index (χ3n) is 5.06. The highest BCUT2D eigenvalue weighted by molar-refractivity contribution is 6.30. The molecule has 1 aliphatic heterocycles. The van der Waals surface area contributed by atoms with Crippen LogP contribution in [0.5, 0.6) is 0 Å². The number of aromatic nitrogens is 2. The summed E-state index contributed by atoms with van der Waals surface area (Å²) >= 11 is 5.94. The first-order valence-electron chi connectivity index (χ1n) is 8.34. The van der Waals surface area contributed by atoms with Crippen LogP contribution in [-0.2, 0) is 4.79 Å². The van der Waals surface area contributed by atoms with Gasteiger partial charge >= 0.3 is 0 Å². The van der Waals surface area contributed by atoms with Crippen molar-refractivity contribution in [3.8, 4) is 11.3 Å². The van der Waals surface area contributed by atoms with Crippen LogP contribution in [0.15, 0.2) is 30.5 Å². The molecule has 0 unspecified atom stereocenters. The maximum Gasteiger partial charge on any atom is 0.226 e. The number of carbonyl (C=O) groups is 1. The summed E-state index contributed by atoms with van der Waals surface area (Å²) in [4.78, 5) is 22.6. The Balaban J connectivity index is 1.55. The number of rotatable bonds is 3. The number of carbonyl (C=O) groups excluding carboxylic acids is 1. The number of amides is 1. The van der Waals surface area contributed by atoms with E-state index in [2.05, 4.69) is 9.97 Å². The highest BCUT2D eigenvalue weighted by atomic mass is 35.5. The van der Waals surface area contributed by atoms with E-state index in [0.717, 1.165) is 54.3 Å². The van der Waals surface area contributed by atoms with Crippen molar-refractivity contribution in [2.45, 2.75) is 38.1 Å². The quantitative estimate of drug-likeness (QED) is 0.917. The molecule has 23 heavy (non-hydrogen) atoms. The number of halogens is 1. The molecule has 0 bridgehead atoms. The molecule has 0 radical (unpaired) electrons. The van der Waals surface area contributed by atoms with Crippen molar-refractivity contribution in [2.75, 3.05) is 6.54 Å². The first kappa shape index (κ1) is 14.8. The number of nitrogens with zero attached hydrogens (tertiary/aromatic N) is 2. The Labute approximate surface area is 140 Å². The number of aromatic amines is 1. The Kier molecular flexibility index (Phi) is 3.85. The highest BCUT2D eigenvalue weighted by Crippen LogP contribution is 2.36. The number of hydrogen-bond donors (Lipinski definition) is 1. The van der Waals surface area contributed by atoms with Crippen LogP contribution in [-0.4, -0.2) is 27.3 Å². The Morgan fingerprint density at radius 1 is 1.17 bits per heavy atom. The zero-order valence-corrected chi connectivity index (χ0v) is 13.7. The molecule has 0 spiro atoms. The molecular formula is C18H20ClN3O. The average molecular weight is 330 g/mol. The summed E-state index contributed by atoms with van der Waals surface area (Å²) in [7, 11) is 0. The normalized spacial score (nSPS) is 21.4.